The van der Waals surface area contributed by atoms with Crippen LogP contribution in [0.3, 0.4) is 0 Å². The average molecular weight is 927 g/mol. The van der Waals surface area contributed by atoms with Crippen LogP contribution < -0.4 is 0 Å². The van der Waals surface area contributed by atoms with Crippen LogP contribution in [0.2, 0.25) is 0 Å². The number of hydrogen-bond acceptors (Lipinski definition) is 17. The molecule has 0 aromatic carbocycles. The molecular weight excluding hydrogens is 852 g/mol. The fourth-order valence-electron chi connectivity index (χ4n) is 14.8. The Hall–Kier alpha value is -1.88. The molecule has 8 rings (SSSR count). The van der Waals surface area contributed by atoms with Crippen LogP contribution in [0.5, 0.6) is 0 Å². The molecule has 3 aliphatic heterocycles. The third-order valence-corrected chi connectivity index (χ3v) is 18.9. The molecule has 3 saturated heterocycles. The molecule has 7 fully saturated rings. The van der Waals surface area contributed by atoms with Gasteiger partial charge in [0.15, 0.2) is 18.7 Å². The first-order valence-electron chi connectivity index (χ1n) is 23.7. The Kier molecular flexibility index (Phi) is 13.1. The first-order valence-corrected chi connectivity index (χ1v) is 23.7. The second-order valence-corrected chi connectivity index (χ2v) is 23.0. The Morgan fingerprint density at radius 2 is 1.25 bits per heavy atom. The van der Waals surface area contributed by atoms with Gasteiger partial charge in [-0.3, -0.25) is 4.79 Å². The standard InChI is InChI=1S/C47H74O18/c1-42(2)14-16-47(41(59)65-39-33(55)30(52)28(50)23(19-48)61-39)17-15-45(6)21(22(47)18-42)8-9-26-44(5)12-11-27(43(3,4)25(44)10-13-46(26,45)7)62-40-34(56)31(53)35(36(64-40)37(57)58)63-38-32(54)29(51)24(20-49)60-38/h8,22-36,38-40,48-56H,9-20H2,1-7H3,(H,57,58)/t22-,23+,24+,25-,26+,27-,28+,29+,30-,31+,32-,33+,34+,35-,36-,38+,39-,40+,44-,45+,46+,47-/m1/s1. The van der Waals surface area contributed by atoms with Crippen LogP contribution in [0, 0.1) is 50.2 Å². The van der Waals surface area contributed by atoms with E-state index in [2.05, 4.69) is 54.5 Å². The van der Waals surface area contributed by atoms with Crippen LogP contribution in [-0.4, -0.2) is 168 Å². The quantitative estimate of drug-likeness (QED) is 0.0872. The summed E-state index contributed by atoms with van der Waals surface area (Å²) in [6, 6.07) is 0. The molecule has 0 aromatic heterocycles. The molecule has 8 aliphatic rings. The molecule has 370 valence electrons. The van der Waals surface area contributed by atoms with Crippen molar-refractivity contribution in [1.82, 2.24) is 0 Å². The number of carboxylic acids is 1. The summed E-state index contributed by atoms with van der Waals surface area (Å²) >= 11 is 0. The summed E-state index contributed by atoms with van der Waals surface area (Å²) in [6.07, 6.45) is -13.2. The number of allylic oxidation sites excluding steroid dienone is 2. The highest BCUT2D eigenvalue weighted by atomic mass is 16.8. The molecule has 0 spiro atoms. The van der Waals surface area contributed by atoms with Crippen molar-refractivity contribution in [3.05, 3.63) is 11.6 Å². The highest BCUT2D eigenvalue weighted by Crippen LogP contribution is 2.76. The smallest absolute Gasteiger partial charge is 0.335 e. The van der Waals surface area contributed by atoms with Gasteiger partial charge in [0, 0.05) is 0 Å². The molecule has 0 radical (unpaired) electrons. The first kappa shape index (κ1) is 49.5. The van der Waals surface area contributed by atoms with E-state index in [1.807, 2.05) is 0 Å². The Bertz CT molecular complexity index is 1820. The molecule has 10 N–H and O–H groups in total. The number of carbonyl (C=O) groups is 2. The van der Waals surface area contributed by atoms with E-state index in [1.165, 1.54) is 5.57 Å². The fraction of sp³-hybridized carbons (Fsp3) is 0.915. The largest absolute Gasteiger partial charge is 0.479 e. The van der Waals surface area contributed by atoms with Gasteiger partial charge in [-0.2, -0.15) is 0 Å². The van der Waals surface area contributed by atoms with Gasteiger partial charge in [-0.1, -0.05) is 60.1 Å². The van der Waals surface area contributed by atoms with Gasteiger partial charge in [0.2, 0.25) is 6.29 Å². The van der Waals surface area contributed by atoms with Crippen LogP contribution in [0.1, 0.15) is 113 Å². The van der Waals surface area contributed by atoms with E-state index in [0.29, 0.717) is 19.3 Å². The van der Waals surface area contributed by atoms with E-state index in [4.69, 9.17) is 28.4 Å². The minimum absolute atomic E-state index is 0.0645. The van der Waals surface area contributed by atoms with E-state index < -0.39 is 128 Å². The lowest BCUT2D eigenvalue weighted by atomic mass is 9.33. The van der Waals surface area contributed by atoms with E-state index in [9.17, 15) is 60.7 Å². The summed E-state index contributed by atoms with van der Waals surface area (Å²) in [7, 11) is 0. The summed E-state index contributed by atoms with van der Waals surface area (Å²) < 4.78 is 35.0. The number of hydrogen-bond donors (Lipinski definition) is 10. The monoisotopic (exact) mass is 926 g/mol. The number of aliphatic carboxylic acids is 1. The van der Waals surface area contributed by atoms with Crippen molar-refractivity contribution in [2.75, 3.05) is 13.2 Å². The van der Waals surface area contributed by atoms with Crippen LogP contribution in [0.4, 0.5) is 0 Å². The van der Waals surface area contributed by atoms with Gasteiger partial charge in [-0.25, -0.2) is 4.79 Å². The molecule has 18 nitrogen and oxygen atoms in total. The maximum absolute atomic E-state index is 14.6. The summed E-state index contributed by atoms with van der Waals surface area (Å²) in [6.45, 7) is 14.6. The van der Waals surface area contributed by atoms with Crippen LogP contribution in [0.25, 0.3) is 0 Å². The van der Waals surface area contributed by atoms with Crippen LogP contribution in [0.15, 0.2) is 11.6 Å². The van der Waals surface area contributed by atoms with E-state index in [-0.39, 0.29) is 39.4 Å². The van der Waals surface area contributed by atoms with Gasteiger partial charge in [-0.05, 0) is 109 Å². The topological polar surface area (TPSA) is 292 Å². The highest BCUT2D eigenvalue weighted by molar-refractivity contribution is 5.79. The second kappa shape index (κ2) is 17.2. The van der Waals surface area contributed by atoms with Gasteiger partial charge in [0.05, 0.1) is 24.7 Å². The predicted molar refractivity (Wildman–Crippen MR) is 225 cm³/mol. The molecule has 3 heterocycles. The van der Waals surface area contributed by atoms with E-state index >= 15 is 0 Å². The minimum atomic E-state index is -1.84. The number of fused-ring (bicyclic) bond motifs is 7. The fourth-order valence-corrected chi connectivity index (χ4v) is 14.8. The molecule has 0 amide bonds. The molecule has 18 heteroatoms. The molecule has 0 bridgehead atoms. The van der Waals surface area contributed by atoms with Gasteiger partial charge >= 0.3 is 11.9 Å². The normalized spacial score (nSPS) is 52.5. The molecule has 4 saturated carbocycles. The van der Waals surface area contributed by atoms with Gasteiger partial charge < -0.3 is 79.5 Å². The SMILES string of the molecule is CC1(C)CC[C@@]2(C(=O)O[C@H]3O[C@@H](CO)[C@H](O)[C@@H](O)[C@@H]3O)CC[C@@]3(C)C(=CC[C@H]4[C@]5(C)CC[C@@H](O[C@H]6O[C@@H](C(=O)O)[C@H](O[C@@H]7O[C@@H](CO)[C@H](O)[C@H]7O)[C@@H](O)[C@@H]6O)C(C)(C)[C@H]5CC[C@@]43C)[C@H]2C1. The van der Waals surface area contributed by atoms with Crippen molar-refractivity contribution in [1.29, 1.82) is 0 Å². The molecule has 0 unspecified atom stereocenters. The lowest BCUT2D eigenvalue weighted by molar-refractivity contribution is -0.342. The van der Waals surface area contributed by atoms with E-state index in [1.54, 1.807) is 0 Å². The van der Waals surface area contributed by atoms with Crippen molar-refractivity contribution in [3.8, 4) is 0 Å². The van der Waals surface area contributed by atoms with Crippen LogP contribution >= 0.6 is 0 Å². The highest BCUT2D eigenvalue weighted by Gasteiger charge is 2.70. The predicted octanol–water partition coefficient (Wildman–Crippen LogP) is 0.872. The third kappa shape index (κ3) is 7.67. The molecular formula is C47H74O18. The second-order valence-electron chi connectivity index (χ2n) is 23.0. The Morgan fingerprint density at radius 1 is 0.662 bits per heavy atom. The number of esters is 1. The van der Waals surface area contributed by atoms with Crippen molar-refractivity contribution < 1.29 is 89.1 Å². The molecule has 0 aromatic rings. The van der Waals surface area contributed by atoms with Crippen molar-refractivity contribution >= 4 is 11.9 Å². The first-order chi connectivity index (χ1) is 30.3. The maximum Gasteiger partial charge on any atom is 0.335 e. The zero-order valence-corrected chi connectivity index (χ0v) is 38.7. The number of ether oxygens (including phenoxy) is 6. The van der Waals surface area contributed by atoms with Gasteiger partial charge in [0.1, 0.15) is 61.0 Å². The molecule has 65 heavy (non-hydrogen) atoms. The van der Waals surface area contributed by atoms with Gasteiger partial charge in [-0.15, -0.1) is 0 Å². The number of rotatable bonds is 9. The van der Waals surface area contributed by atoms with E-state index in [0.717, 1.165) is 44.9 Å². The number of carbonyl (C=O) groups excluding carboxylic acids is 1. The number of carboxylic acid groups (broad SMARTS) is 1. The summed E-state index contributed by atoms with van der Waals surface area (Å²) in [5.41, 5.74) is -0.800. The summed E-state index contributed by atoms with van der Waals surface area (Å²) in [4.78, 5) is 27.2. The van der Waals surface area contributed by atoms with Crippen molar-refractivity contribution in [3.63, 3.8) is 0 Å². The number of aliphatic hydroxyl groups is 9. The Morgan fingerprint density at radius 3 is 1.89 bits per heavy atom. The average Bonchev–Trinajstić information content (AvgIpc) is 3.52. The van der Waals surface area contributed by atoms with Crippen molar-refractivity contribution in [2.24, 2.45) is 50.2 Å². The minimum Gasteiger partial charge on any atom is -0.479 e. The van der Waals surface area contributed by atoms with Crippen molar-refractivity contribution in [2.45, 2.75) is 205 Å². The Balaban J connectivity index is 1.01. The van der Waals surface area contributed by atoms with Crippen LogP contribution in [-0.2, 0) is 38.0 Å². The lowest BCUT2D eigenvalue weighted by Gasteiger charge is -2.71. The number of aliphatic hydroxyl groups excluding tert-OH is 9. The molecule has 5 aliphatic carbocycles. The zero-order valence-electron chi connectivity index (χ0n) is 38.7. The summed E-state index contributed by atoms with van der Waals surface area (Å²) in [5.74, 6) is -1.77. The maximum atomic E-state index is 14.6. The molecule has 22 atom stereocenters. The summed E-state index contributed by atoms with van der Waals surface area (Å²) in [5, 5.41) is 104. The Labute approximate surface area is 380 Å². The third-order valence-electron chi connectivity index (χ3n) is 18.9. The zero-order chi connectivity index (χ0) is 47.6. The van der Waals surface area contributed by atoms with Gasteiger partial charge in [0.25, 0.3) is 0 Å². The lowest BCUT2D eigenvalue weighted by Crippen LogP contribution is -2.66.